The monoisotopic (exact) mass is 261 g/mol. The Kier molecular flexibility index (Phi) is 5.26. The van der Waals surface area contributed by atoms with Crippen LogP contribution in [0.3, 0.4) is 0 Å². The Morgan fingerprint density at radius 3 is 2.79 bits per heavy atom. The standard InChI is InChI=1S/C17H27NO/c1-4-16(18-3)15-10-5-6-11-17(15)19-14-9-7-8-13(2)12-14/h5-6,10-11,13-14,16,18H,4,7-9,12H2,1-3H3. The molecule has 1 N–H and O–H groups in total. The van der Waals surface area contributed by atoms with Gasteiger partial charge in [0, 0.05) is 11.6 Å². The van der Waals surface area contributed by atoms with E-state index in [0.29, 0.717) is 12.1 Å². The first-order valence-electron chi connectivity index (χ1n) is 7.67. The molecule has 1 aromatic rings. The normalized spacial score (nSPS) is 25.0. The van der Waals surface area contributed by atoms with Gasteiger partial charge in [-0.15, -0.1) is 0 Å². The third-order valence-corrected chi connectivity index (χ3v) is 4.23. The molecule has 3 unspecified atom stereocenters. The van der Waals surface area contributed by atoms with Crippen molar-refractivity contribution in [3.05, 3.63) is 29.8 Å². The van der Waals surface area contributed by atoms with Crippen LogP contribution in [-0.2, 0) is 0 Å². The number of hydrogen-bond acceptors (Lipinski definition) is 2. The Labute approximate surface area is 117 Å². The zero-order valence-corrected chi connectivity index (χ0v) is 12.5. The number of rotatable bonds is 5. The molecule has 1 fully saturated rings. The average Bonchev–Trinajstić information content (AvgIpc) is 2.42. The van der Waals surface area contributed by atoms with E-state index in [1.807, 2.05) is 7.05 Å². The fourth-order valence-corrected chi connectivity index (χ4v) is 3.12. The fraction of sp³-hybridized carbons (Fsp3) is 0.647. The van der Waals surface area contributed by atoms with E-state index in [9.17, 15) is 0 Å². The molecule has 0 saturated heterocycles. The van der Waals surface area contributed by atoms with Gasteiger partial charge in [0.1, 0.15) is 5.75 Å². The van der Waals surface area contributed by atoms with E-state index >= 15 is 0 Å². The molecule has 19 heavy (non-hydrogen) atoms. The summed E-state index contributed by atoms with van der Waals surface area (Å²) < 4.78 is 6.30. The summed E-state index contributed by atoms with van der Waals surface area (Å²) in [6.45, 7) is 4.55. The molecule has 0 amide bonds. The third-order valence-electron chi connectivity index (χ3n) is 4.23. The van der Waals surface area contributed by atoms with Gasteiger partial charge in [-0.25, -0.2) is 0 Å². The second-order valence-corrected chi connectivity index (χ2v) is 5.80. The van der Waals surface area contributed by atoms with Crippen molar-refractivity contribution < 1.29 is 4.74 Å². The summed E-state index contributed by atoms with van der Waals surface area (Å²) in [6, 6.07) is 8.87. The van der Waals surface area contributed by atoms with Gasteiger partial charge in [-0.3, -0.25) is 0 Å². The van der Waals surface area contributed by atoms with E-state index in [1.165, 1.54) is 31.2 Å². The van der Waals surface area contributed by atoms with Gasteiger partial charge >= 0.3 is 0 Å². The van der Waals surface area contributed by atoms with Crippen LogP contribution in [0.2, 0.25) is 0 Å². The molecule has 0 radical (unpaired) electrons. The van der Waals surface area contributed by atoms with Crippen molar-refractivity contribution in [1.82, 2.24) is 5.32 Å². The summed E-state index contributed by atoms with van der Waals surface area (Å²) in [7, 11) is 2.02. The average molecular weight is 261 g/mol. The van der Waals surface area contributed by atoms with Gasteiger partial charge in [-0.05, 0) is 44.7 Å². The molecule has 0 heterocycles. The lowest BCUT2D eigenvalue weighted by Gasteiger charge is -2.29. The van der Waals surface area contributed by atoms with Crippen molar-refractivity contribution in [3.8, 4) is 5.75 Å². The van der Waals surface area contributed by atoms with Crippen LogP contribution in [0.1, 0.15) is 57.6 Å². The topological polar surface area (TPSA) is 21.3 Å². The fourth-order valence-electron chi connectivity index (χ4n) is 3.12. The van der Waals surface area contributed by atoms with E-state index < -0.39 is 0 Å². The minimum atomic E-state index is 0.386. The highest BCUT2D eigenvalue weighted by atomic mass is 16.5. The molecule has 106 valence electrons. The van der Waals surface area contributed by atoms with Crippen molar-refractivity contribution >= 4 is 0 Å². The largest absolute Gasteiger partial charge is 0.490 e. The Morgan fingerprint density at radius 2 is 2.11 bits per heavy atom. The second kappa shape index (κ2) is 6.95. The Morgan fingerprint density at radius 1 is 1.32 bits per heavy atom. The van der Waals surface area contributed by atoms with Crippen LogP contribution in [0, 0.1) is 5.92 Å². The first-order chi connectivity index (χ1) is 9.24. The summed E-state index contributed by atoms with van der Waals surface area (Å²) in [5.74, 6) is 1.87. The molecular weight excluding hydrogens is 234 g/mol. The first kappa shape index (κ1) is 14.4. The maximum Gasteiger partial charge on any atom is 0.124 e. The Balaban J connectivity index is 2.11. The Hall–Kier alpha value is -1.02. The third kappa shape index (κ3) is 3.73. The van der Waals surface area contributed by atoms with Gasteiger partial charge in [0.25, 0.3) is 0 Å². The molecular formula is C17H27NO. The van der Waals surface area contributed by atoms with Crippen molar-refractivity contribution in [2.45, 2.75) is 58.1 Å². The highest BCUT2D eigenvalue weighted by Gasteiger charge is 2.22. The van der Waals surface area contributed by atoms with E-state index in [4.69, 9.17) is 4.74 Å². The molecule has 1 aromatic carbocycles. The maximum absolute atomic E-state index is 6.30. The lowest BCUT2D eigenvalue weighted by molar-refractivity contribution is 0.127. The quantitative estimate of drug-likeness (QED) is 0.852. The van der Waals surface area contributed by atoms with E-state index in [1.54, 1.807) is 0 Å². The molecule has 3 atom stereocenters. The summed E-state index contributed by atoms with van der Waals surface area (Å²) in [4.78, 5) is 0. The maximum atomic E-state index is 6.30. The predicted octanol–water partition coefficient (Wildman–Crippen LogP) is 4.31. The number of nitrogens with one attached hydrogen (secondary N) is 1. The van der Waals surface area contributed by atoms with Crippen molar-refractivity contribution in [2.75, 3.05) is 7.05 Å². The molecule has 0 spiro atoms. The second-order valence-electron chi connectivity index (χ2n) is 5.80. The van der Waals surface area contributed by atoms with Crippen LogP contribution in [0.25, 0.3) is 0 Å². The lowest BCUT2D eigenvalue weighted by atomic mass is 9.88. The van der Waals surface area contributed by atoms with Gasteiger partial charge in [0.2, 0.25) is 0 Å². The summed E-state index contributed by atoms with van der Waals surface area (Å²) >= 11 is 0. The molecule has 0 aliphatic heterocycles. The van der Waals surface area contributed by atoms with Crippen LogP contribution < -0.4 is 10.1 Å². The molecule has 1 aliphatic rings. The van der Waals surface area contributed by atoms with E-state index in [2.05, 4.69) is 43.4 Å². The zero-order valence-electron chi connectivity index (χ0n) is 12.5. The van der Waals surface area contributed by atoms with Crippen LogP contribution >= 0.6 is 0 Å². The van der Waals surface area contributed by atoms with Gasteiger partial charge in [0.05, 0.1) is 6.10 Å². The molecule has 1 saturated carbocycles. The predicted molar refractivity (Wildman–Crippen MR) is 80.6 cm³/mol. The molecule has 2 nitrogen and oxygen atoms in total. The van der Waals surface area contributed by atoms with Crippen LogP contribution in [0.4, 0.5) is 0 Å². The number of para-hydroxylation sites is 1. The summed E-state index contributed by atoms with van der Waals surface area (Å²) in [6.07, 6.45) is 6.55. The van der Waals surface area contributed by atoms with Crippen LogP contribution in [0.15, 0.2) is 24.3 Å². The zero-order chi connectivity index (χ0) is 13.7. The van der Waals surface area contributed by atoms with Crippen molar-refractivity contribution in [2.24, 2.45) is 5.92 Å². The minimum absolute atomic E-state index is 0.386. The van der Waals surface area contributed by atoms with Crippen molar-refractivity contribution in [3.63, 3.8) is 0 Å². The highest BCUT2D eigenvalue weighted by molar-refractivity contribution is 5.36. The Bertz CT molecular complexity index is 387. The van der Waals surface area contributed by atoms with Gasteiger partial charge in [-0.2, -0.15) is 0 Å². The van der Waals surface area contributed by atoms with Crippen LogP contribution in [-0.4, -0.2) is 13.2 Å². The van der Waals surface area contributed by atoms with Gasteiger partial charge in [0.15, 0.2) is 0 Å². The highest BCUT2D eigenvalue weighted by Crippen LogP contribution is 2.32. The molecule has 0 bridgehead atoms. The molecule has 2 rings (SSSR count). The van der Waals surface area contributed by atoms with E-state index in [0.717, 1.165) is 18.1 Å². The first-order valence-corrected chi connectivity index (χ1v) is 7.67. The van der Waals surface area contributed by atoms with Gasteiger partial charge < -0.3 is 10.1 Å². The molecule has 1 aliphatic carbocycles. The number of benzene rings is 1. The van der Waals surface area contributed by atoms with Gasteiger partial charge in [-0.1, -0.05) is 38.5 Å². The molecule has 0 aromatic heterocycles. The SMILES string of the molecule is CCC(NC)c1ccccc1OC1CCCC(C)C1. The summed E-state index contributed by atoms with van der Waals surface area (Å²) in [5, 5.41) is 3.37. The van der Waals surface area contributed by atoms with Crippen molar-refractivity contribution in [1.29, 1.82) is 0 Å². The molecule has 2 heteroatoms. The minimum Gasteiger partial charge on any atom is -0.490 e. The smallest absolute Gasteiger partial charge is 0.124 e. The lowest BCUT2D eigenvalue weighted by Crippen LogP contribution is -2.25. The van der Waals surface area contributed by atoms with E-state index in [-0.39, 0.29) is 0 Å². The van der Waals surface area contributed by atoms with Crippen LogP contribution in [0.5, 0.6) is 5.75 Å². The number of hydrogen-bond donors (Lipinski definition) is 1. The number of ether oxygens (including phenoxy) is 1. The summed E-state index contributed by atoms with van der Waals surface area (Å²) in [5.41, 5.74) is 1.30.